The van der Waals surface area contributed by atoms with E-state index in [-0.39, 0.29) is 29.6 Å². The number of aryl methyl sites for hydroxylation is 2. The summed E-state index contributed by atoms with van der Waals surface area (Å²) in [6.07, 6.45) is 4.84. The molecule has 10 nitrogen and oxygen atoms in total. The molecule has 3 aliphatic rings. The van der Waals surface area contributed by atoms with E-state index in [1.807, 2.05) is 31.2 Å². The van der Waals surface area contributed by atoms with Crippen LogP contribution in [0.3, 0.4) is 0 Å². The summed E-state index contributed by atoms with van der Waals surface area (Å²) in [5.74, 6) is -1.45. The fourth-order valence-corrected chi connectivity index (χ4v) is 8.19. The van der Waals surface area contributed by atoms with Gasteiger partial charge in [0, 0.05) is 44.3 Å². The molecule has 2 atom stereocenters. The van der Waals surface area contributed by atoms with Crippen molar-refractivity contribution in [2.75, 3.05) is 19.6 Å². The van der Waals surface area contributed by atoms with Gasteiger partial charge >= 0.3 is 5.97 Å². The second-order valence-corrected chi connectivity index (χ2v) is 13.3. The molecular formula is C30H34F2N6O4S. The van der Waals surface area contributed by atoms with Crippen molar-refractivity contribution in [2.24, 2.45) is 0 Å². The summed E-state index contributed by atoms with van der Waals surface area (Å²) in [4.78, 5) is 14.5. The highest BCUT2D eigenvalue weighted by Crippen LogP contribution is 2.36. The van der Waals surface area contributed by atoms with Gasteiger partial charge in [-0.05, 0) is 73.1 Å². The van der Waals surface area contributed by atoms with Crippen LogP contribution in [-0.4, -0.2) is 69.0 Å². The number of halogens is 2. The number of nitrogens with one attached hydrogen (secondary N) is 1. The number of carboxylic acids is 1. The van der Waals surface area contributed by atoms with E-state index in [0.717, 1.165) is 36.9 Å². The van der Waals surface area contributed by atoms with E-state index in [1.54, 1.807) is 23.4 Å². The van der Waals surface area contributed by atoms with Crippen molar-refractivity contribution in [3.8, 4) is 0 Å². The summed E-state index contributed by atoms with van der Waals surface area (Å²) in [5, 5.41) is 20.7. The maximum atomic E-state index is 14.0. The van der Waals surface area contributed by atoms with Crippen molar-refractivity contribution in [1.82, 2.24) is 29.1 Å². The molecule has 1 unspecified atom stereocenters. The van der Waals surface area contributed by atoms with Gasteiger partial charge in [-0.25, -0.2) is 17.2 Å². The second kappa shape index (κ2) is 11.3. The number of sulfonamides is 1. The molecule has 5 heterocycles. The minimum Gasteiger partial charge on any atom is -0.481 e. The molecule has 2 N–H and O–H groups in total. The number of rotatable bonds is 7. The molecular weight excluding hydrogens is 578 g/mol. The third-order valence-electron chi connectivity index (χ3n) is 8.80. The van der Waals surface area contributed by atoms with Crippen LogP contribution < -0.4 is 5.32 Å². The van der Waals surface area contributed by atoms with Crippen LogP contribution in [-0.2, 0) is 21.4 Å². The molecule has 6 rings (SSSR count). The average Bonchev–Trinajstić information content (AvgIpc) is 3.39. The van der Waals surface area contributed by atoms with E-state index in [0.29, 0.717) is 35.6 Å². The largest absolute Gasteiger partial charge is 0.481 e. The number of allylic oxidation sites excluding steroid dienone is 1. The van der Waals surface area contributed by atoms with Gasteiger partial charge in [0.05, 0.1) is 6.42 Å². The van der Waals surface area contributed by atoms with Gasteiger partial charge in [-0.15, -0.1) is 10.2 Å². The third-order valence-corrected chi connectivity index (χ3v) is 10.6. The van der Waals surface area contributed by atoms with Crippen LogP contribution in [0.1, 0.15) is 71.7 Å². The number of benzene rings is 1. The zero-order chi connectivity index (χ0) is 30.5. The molecule has 3 aromatic rings. The number of aromatic nitrogens is 3. The van der Waals surface area contributed by atoms with Crippen LogP contribution in [0.4, 0.5) is 8.78 Å². The summed E-state index contributed by atoms with van der Waals surface area (Å²) in [6.45, 7) is 5.49. The number of fused-ring (bicyclic) bond motifs is 3. The van der Waals surface area contributed by atoms with Gasteiger partial charge in [0.2, 0.25) is 15.8 Å². The van der Waals surface area contributed by atoms with E-state index in [4.69, 9.17) is 0 Å². The average molecular weight is 613 g/mol. The molecule has 2 aromatic heterocycles. The maximum absolute atomic E-state index is 14.0. The normalized spacial score (nSPS) is 21.0. The second-order valence-electron chi connectivity index (χ2n) is 11.4. The number of aliphatic carboxylic acids is 1. The number of alkyl halides is 2. The molecule has 0 saturated carbocycles. The van der Waals surface area contributed by atoms with Crippen molar-refractivity contribution < 1.29 is 27.1 Å². The van der Waals surface area contributed by atoms with Crippen LogP contribution in [0.15, 0.2) is 53.3 Å². The number of nitrogens with zero attached hydrogens (tertiary/aromatic N) is 5. The van der Waals surface area contributed by atoms with Gasteiger partial charge in [-0.1, -0.05) is 24.3 Å². The Kier molecular flexibility index (Phi) is 7.71. The van der Waals surface area contributed by atoms with E-state index in [9.17, 15) is 27.1 Å². The first-order valence-corrected chi connectivity index (χ1v) is 15.8. The van der Waals surface area contributed by atoms with Crippen molar-refractivity contribution in [3.05, 3.63) is 87.0 Å². The van der Waals surface area contributed by atoms with Crippen molar-refractivity contribution in [3.63, 3.8) is 0 Å². The molecule has 1 aromatic carbocycles. The minimum absolute atomic E-state index is 0.0499. The van der Waals surface area contributed by atoms with Gasteiger partial charge in [-0.2, -0.15) is 4.31 Å². The van der Waals surface area contributed by atoms with E-state index in [1.165, 1.54) is 10.6 Å². The van der Waals surface area contributed by atoms with Crippen LogP contribution in [0.2, 0.25) is 0 Å². The maximum Gasteiger partial charge on any atom is 0.304 e. The number of carbonyl (C=O) groups is 1. The molecule has 3 aliphatic heterocycles. The van der Waals surface area contributed by atoms with Crippen molar-refractivity contribution in [1.29, 1.82) is 0 Å². The number of dihydropyridines is 1. The fourth-order valence-electron chi connectivity index (χ4n) is 6.54. The molecule has 0 bridgehead atoms. The lowest BCUT2D eigenvalue weighted by Gasteiger charge is -2.39. The first kappa shape index (κ1) is 29.2. The Hall–Kier alpha value is -3.84. The van der Waals surface area contributed by atoms with E-state index < -0.39 is 34.2 Å². The first-order valence-electron chi connectivity index (χ1n) is 14.4. The monoisotopic (exact) mass is 612 g/mol. The van der Waals surface area contributed by atoms with Crippen LogP contribution >= 0.6 is 0 Å². The molecule has 0 spiro atoms. The van der Waals surface area contributed by atoms with Gasteiger partial charge in [-0.3, -0.25) is 9.20 Å². The Balaban J connectivity index is 1.39. The molecule has 228 valence electrons. The standard InChI is InChI=1S/C30H34F2N6O4S/c1-18-8-9-20(24(15-26(39)40)23-10-13-38-28(19(23)2)34-35-30(38)27(31)32)14-21(18)16-36-17-22-6-3-4-12-37(22)29-25(43(36,41)42)7-5-11-33-29/h5,7-10,13-14,22,24,27,33H,3-4,6,11-12,15-17H2,1-2H3,(H,39,40)/t22-,24?/m0/s1. The number of pyridine rings is 1. The molecule has 0 radical (unpaired) electrons. The predicted molar refractivity (Wildman–Crippen MR) is 156 cm³/mol. The Bertz CT molecular complexity index is 1750. The Morgan fingerprint density at radius 3 is 2.77 bits per heavy atom. The van der Waals surface area contributed by atoms with Gasteiger partial charge < -0.3 is 15.3 Å². The smallest absolute Gasteiger partial charge is 0.304 e. The summed E-state index contributed by atoms with van der Waals surface area (Å²) in [5.41, 5.74) is 3.77. The van der Waals surface area contributed by atoms with Gasteiger partial charge in [0.15, 0.2) is 5.65 Å². The minimum atomic E-state index is -3.83. The van der Waals surface area contributed by atoms with Crippen LogP contribution in [0.25, 0.3) is 5.65 Å². The number of hydrogen-bond donors (Lipinski definition) is 2. The van der Waals surface area contributed by atoms with Crippen molar-refractivity contribution >= 4 is 21.6 Å². The highest BCUT2D eigenvalue weighted by atomic mass is 32.2. The summed E-state index contributed by atoms with van der Waals surface area (Å²) in [6, 6.07) is 7.29. The van der Waals surface area contributed by atoms with Crippen molar-refractivity contribution in [2.45, 2.75) is 64.5 Å². The zero-order valence-electron chi connectivity index (χ0n) is 24.0. The topological polar surface area (TPSA) is 120 Å². The molecule has 43 heavy (non-hydrogen) atoms. The molecule has 1 fully saturated rings. The fraction of sp³-hybridized carbons (Fsp3) is 0.433. The Labute approximate surface area is 248 Å². The highest BCUT2D eigenvalue weighted by molar-refractivity contribution is 7.93. The Morgan fingerprint density at radius 2 is 2.00 bits per heavy atom. The van der Waals surface area contributed by atoms with Gasteiger partial charge in [0.25, 0.3) is 6.43 Å². The number of hydrogen-bond acceptors (Lipinski definition) is 7. The summed E-state index contributed by atoms with van der Waals surface area (Å²) >= 11 is 0. The predicted octanol–water partition coefficient (Wildman–Crippen LogP) is 4.22. The zero-order valence-corrected chi connectivity index (χ0v) is 24.8. The third kappa shape index (κ3) is 5.29. The lowest BCUT2D eigenvalue weighted by atomic mass is 9.85. The van der Waals surface area contributed by atoms with E-state index in [2.05, 4.69) is 20.4 Å². The van der Waals surface area contributed by atoms with Crippen LogP contribution in [0.5, 0.6) is 0 Å². The lowest BCUT2D eigenvalue weighted by molar-refractivity contribution is -0.137. The van der Waals surface area contributed by atoms with E-state index >= 15 is 0 Å². The molecule has 0 amide bonds. The Morgan fingerprint density at radius 1 is 1.19 bits per heavy atom. The number of carboxylic acid groups (broad SMARTS) is 1. The van der Waals surface area contributed by atoms with Crippen LogP contribution in [0, 0.1) is 13.8 Å². The summed E-state index contributed by atoms with van der Waals surface area (Å²) in [7, 11) is -3.83. The molecule has 0 aliphatic carbocycles. The summed E-state index contributed by atoms with van der Waals surface area (Å²) < 4.78 is 57.7. The quantitative estimate of drug-likeness (QED) is 0.407. The molecule has 13 heteroatoms. The number of piperidine rings is 1. The highest BCUT2D eigenvalue weighted by Gasteiger charge is 2.40. The lowest BCUT2D eigenvalue weighted by Crippen LogP contribution is -2.46. The molecule has 1 saturated heterocycles. The van der Waals surface area contributed by atoms with Gasteiger partial charge in [0.1, 0.15) is 10.7 Å². The SMILES string of the molecule is Cc1ccc(C(CC(=O)O)c2ccn3c(C(F)F)nnc3c2C)cc1CN1C[C@@H]2CCCCN2C2=C(C=CCN2)S1(=O)=O. The first-order chi connectivity index (χ1) is 20.6.